The average molecular weight is 351 g/mol. The number of hydrogen-bond acceptors (Lipinski definition) is 4. The van der Waals surface area contributed by atoms with E-state index in [2.05, 4.69) is 0 Å². The lowest BCUT2D eigenvalue weighted by atomic mass is 9.90. The number of hydrogen-bond donors (Lipinski definition) is 0. The van der Waals surface area contributed by atoms with Gasteiger partial charge >= 0.3 is 0 Å². The molecule has 26 heavy (non-hydrogen) atoms. The molecular formula is C19H17N3O4. The highest BCUT2D eigenvalue weighted by Gasteiger charge is 2.39. The van der Waals surface area contributed by atoms with Crippen molar-refractivity contribution in [3.63, 3.8) is 0 Å². The minimum absolute atomic E-state index is 0.0165. The van der Waals surface area contributed by atoms with Gasteiger partial charge in [-0.3, -0.25) is 19.7 Å². The first-order valence-electron chi connectivity index (χ1n) is 8.46. The number of amides is 2. The van der Waals surface area contributed by atoms with E-state index in [0.717, 1.165) is 12.0 Å². The van der Waals surface area contributed by atoms with Gasteiger partial charge < -0.3 is 9.80 Å². The third kappa shape index (κ3) is 2.61. The van der Waals surface area contributed by atoms with Gasteiger partial charge in [0.15, 0.2) is 0 Å². The van der Waals surface area contributed by atoms with Gasteiger partial charge in [0.1, 0.15) is 12.1 Å². The molecule has 0 radical (unpaired) electrons. The second-order valence-electron chi connectivity index (χ2n) is 6.51. The fraction of sp³-hybridized carbons (Fsp3) is 0.263. The number of piperazine rings is 1. The Hall–Kier alpha value is -3.22. The topological polar surface area (TPSA) is 83.8 Å². The third-order valence-electron chi connectivity index (χ3n) is 5.07. The molecule has 2 heterocycles. The summed E-state index contributed by atoms with van der Waals surface area (Å²) in [5.41, 5.74) is 2.01. The molecule has 0 saturated carbocycles. The molecule has 1 atom stereocenters. The highest BCUT2D eigenvalue weighted by atomic mass is 16.6. The van der Waals surface area contributed by atoms with E-state index in [1.165, 1.54) is 28.7 Å². The summed E-state index contributed by atoms with van der Waals surface area (Å²) in [5.74, 6) is -0.601. The lowest BCUT2D eigenvalue weighted by Gasteiger charge is -2.44. The molecule has 2 aromatic carbocycles. The third-order valence-corrected chi connectivity index (χ3v) is 5.07. The summed E-state index contributed by atoms with van der Waals surface area (Å²) in [7, 11) is 0. The van der Waals surface area contributed by atoms with Crippen molar-refractivity contribution in [1.82, 2.24) is 9.80 Å². The lowest BCUT2D eigenvalue weighted by molar-refractivity contribution is -0.385. The zero-order chi connectivity index (χ0) is 18.3. The van der Waals surface area contributed by atoms with Crippen molar-refractivity contribution in [1.29, 1.82) is 0 Å². The van der Waals surface area contributed by atoms with E-state index in [9.17, 15) is 19.7 Å². The molecule has 7 nitrogen and oxygen atoms in total. The summed E-state index contributed by atoms with van der Waals surface area (Å²) < 4.78 is 0. The predicted octanol–water partition coefficient (Wildman–Crippen LogP) is 2.18. The number of nitro groups is 1. The van der Waals surface area contributed by atoms with Crippen molar-refractivity contribution in [2.75, 3.05) is 19.6 Å². The van der Waals surface area contributed by atoms with E-state index in [4.69, 9.17) is 0 Å². The van der Waals surface area contributed by atoms with Gasteiger partial charge in [0.2, 0.25) is 5.91 Å². The maximum absolute atomic E-state index is 12.9. The highest BCUT2D eigenvalue weighted by molar-refractivity contribution is 6.00. The number of nitro benzene ring substituents is 1. The number of benzene rings is 2. The predicted molar refractivity (Wildman–Crippen MR) is 93.6 cm³/mol. The zero-order valence-corrected chi connectivity index (χ0v) is 14.0. The number of para-hydroxylation sites is 1. The molecule has 132 valence electrons. The Kier molecular flexibility index (Phi) is 3.91. The number of fused-ring (bicyclic) bond motifs is 3. The fourth-order valence-electron chi connectivity index (χ4n) is 3.81. The molecule has 1 unspecified atom stereocenters. The SMILES string of the molecule is O=C(c1ccccc1[N+](=O)[O-])N1CC(=O)N2CCc3ccccc3C2C1. The average Bonchev–Trinajstić information content (AvgIpc) is 2.67. The zero-order valence-electron chi connectivity index (χ0n) is 14.0. The lowest BCUT2D eigenvalue weighted by Crippen LogP contribution is -2.55. The molecule has 2 amide bonds. The Labute approximate surface area is 150 Å². The second-order valence-corrected chi connectivity index (χ2v) is 6.51. The van der Waals surface area contributed by atoms with Gasteiger partial charge in [-0.1, -0.05) is 36.4 Å². The largest absolute Gasteiger partial charge is 0.332 e. The normalized spacial score (nSPS) is 18.9. The number of rotatable bonds is 2. The number of carbonyl (C=O) groups excluding carboxylic acids is 2. The Morgan fingerprint density at radius 3 is 2.65 bits per heavy atom. The summed E-state index contributed by atoms with van der Waals surface area (Å²) >= 11 is 0. The van der Waals surface area contributed by atoms with Gasteiger partial charge in [0.25, 0.3) is 11.6 Å². The molecular weight excluding hydrogens is 334 g/mol. The smallest absolute Gasteiger partial charge is 0.282 e. The molecule has 0 spiro atoms. The monoisotopic (exact) mass is 351 g/mol. The van der Waals surface area contributed by atoms with Gasteiger partial charge in [0.05, 0.1) is 11.0 Å². The summed E-state index contributed by atoms with van der Waals surface area (Å²) in [5, 5.41) is 11.2. The molecule has 0 aromatic heterocycles. The molecule has 1 saturated heterocycles. The maximum atomic E-state index is 12.9. The van der Waals surface area contributed by atoms with Gasteiger partial charge in [0, 0.05) is 19.2 Å². The molecule has 7 heteroatoms. The summed E-state index contributed by atoms with van der Waals surface area (Å²) in [4.78, 5) is 39.4. The number of carbonyl (C=O) groups is 2. The van der Waals surface area contributed by atoms with Crippen LogP contribution in [0.15, 0.2) is 48.5 Å². The molecule has 2 aliphatic heterocycles. The van der Waals surface area contributed by atoms with Gasteiger partial charge in [-0.05, 0) is 23.6 Å². The fourth-order valence-corrected chi connectivity index (χ4v) is 3.81. The van der Waals surface area contributed by atoms with Crippen LogP contribution in [0.2, 0.25) is 0 Å². The second kappa shape index (κ2) is 6.25. The first-order chi connectivity index (χ1) is 12.6. The Morgan fingerprint density at radius 1 is 1.12 bits per heavy atom. The maximum Gasteiger partial charge on any atom is 0.282 e. The first kappa shape index (κ1) is 16.3. The highest BCUT2D eigenvalue weighted by Crippen LogP contribution is 2.34. The van der Waals surface area contributed by atoms with Gasteiger partial charge in [-0.25, -0.2) is 0 Å². The van der Waals surface area contributed by atoms with Crippen LogP contribution in [0.1, 0.15) is 27.5 Å². The van der Waals surface area contributed by atoms with Crippen LogP contribution in [-0.2, 0) is 11.2 Å². The van der Waals surface area contributed by atoms with E-state index in [-0.39, 0.29) is 29.7 Å². The van der Waals surface area contributed by atoms with Crippen LogP contribution < -0.4 is 0 Å². The summed E-state index contributed by atoms with van der Waals surface area (Å²) in [6.07, 6.45) is 0.802. The van der Waals surface area contributed by atoms with Crippen LogP contribution in [-0.4, -0.2) is 46.2 Å². The van der Waals surface area contributed by atoms with E-state index >= 15 is 0 Å². The quantitative estimate of drug-likeness (QED) is 0.613. The molecule has 0 bridgehead atoms. The molecule has 0 N–H and O–H groups in total. The Morgan fingerprint density at radius 2 is 1.85 bits per heavy atom. The molecule has 2 aliphatic rings. The van der Waals surface area contributed by atoms with Crippen LogP contribution in [0.5, 0.6) is 0 Å². The van der Waals surface area contributed by atoms with E-state index in [0.29, 0.717) is 13.1 Å². The van der Waals surface area contributed by atoms with E-state index in [1.54, 1.807) is 6.07 Å². The first-order valence-corrected chi connectivity index (χ1v) is 8.46. The molecule has 1 fully saturated rings. The molecule has 0 aliphatic carbocycles. The van der Waals surface area contributed by atoms with Gasteiger partial charge in [-0.2, -0.15) is 0 Å². The van der Waals surface area contributed by atoms with Crippen LogP contribution >= 0.6 is 0 Å². The van der Waals surface area contributed by atoms with E-state index < -0.39 is 10.8 Å². The van der Waals surface area contributed by atoms with Crippen molar-refractivity contribution in [3.05, 3.63) is 75.3 Å². The van der Waals surface area contributed by atoms with Crippen molar-refractivity contribution in [2.24, 2.45) is 0 Å². The minimum Gasteiger partial charge on any atom is -0.332 e. The Bertz CT molecular complexity index is 911. The van der Waals surface area contributed by atoms with E-state index in [1.807, 2.05) is 29.2 Å². The Balaban J connectivity index is 1.67. The number of nitrogens with zero attached hydrogens (tertiary/aromatic N) is 3. The van der Waals surface area contributed by atoms with Crippen LogP contribution in [0.25, 0.3) is 0 Å². The van der Waals surface area contributed by atoms with Crippen molar-refractivity contribution >= 4 is 17.5 Å². The van der Waals surface area contributed by atoms with Crippen LogP contribution in [0, 0.1) is 10.1 Å². The van der Waals surface area contributed by atoms with Crippen LogP contribution in [0.3, 0.4) is 0 Å². The summed E-state index contributed by atoms with van der Waals surface area (Å²) in [6.45, 7) is 0.922. The van der Waals surface area contributed by atoms with Gasteiger partial charge in [-0.15, -0.1) is 0 Å². The minimum atomic E-state index is -0.568. The molecule has 2 aromatic rings. The van der Waals surface area contributed by atoms with Crippen molar-refractivity contribution in [3.8, 4) is 0 Å². The van der Waals surface area contributed by atoms with Crippen molar-refractivity contribution < 1.29 is 14.5 Å². The van der Waals surface area contributed by atoms with Crippen LogP contribution in [0.4, 0.5) is 5.69 Å². The summed E-state index contributed by atoms with van der Waals surface area (Å²) in [6, 6.07) is 13.6. The van der Waals surface area contributed by atoms with Crippen molar-refractivity contribution in [2.45, 2.75) is 12.5 Å². The molecule has 4 rings (SSSR count). The standard InChI is InChI=1S/C19H17N3O4/c23-18-12-20(19(24)15-7-3-4-8-16(15)22(25)26)11-17-14-6-2-1-5-13(14)9-10-21(17)18/h1-8,17H,9-12H2.